The van der Waals surface area contributed by atoms with E-state index >= 15 is 0 Å². The first-order chi connectivity index (χ1) is 6.27. The summed E-state index contributed by atoms with van der Waals surface area (Å²) >= 11 is 1.97. The molecule has 13 heavy (non-hydrogen) atoms. The van der Waals surface area contributed by atoms with Crippen molar-refractivity contribution in [1.29, 1.82) is 0 Å². The molecule has 0 atom stereocenters. The van der Waals surface area contributed by atoms with Crippen LogP contribution in [0.4, 0.5) is 0 Å². The molecule has 3 heteroatoms. The molecule has 0 aliphatic heterocycles. The molecule has 0 heterocycles. The average molecular weight is 205 g/mol. The third kappa shape index (κ3) is 12.3. The molecule has 80 valence electrons. The van der Waals surface area contributed by atoms with Gasteiger partial charge in [0.15, 0.2) is 0 Å². The van der Waals surface area contributed by atoms with E-state index in [2.05, 4.69) is 19.2 Å². The topological polar surface area (TPSA) is 21.3 Å². The molecule has 0 saturated heterocycles. The summed E-state index contributed by atoms with van der Waals surface area (Å²) in [7, 11) is 1.75. The van der Waals surface area contributed by atoms with Crippen molar-refractivity contribution < 1.29 is 4.74 Å². The first-order valence-corrected chi connectivity index (χ1v) is 6.20. The quantitative estimate of drug-likeness (QED) is 0.582. The lowest BCUT2D eigenvalue weighted by molar-refractivity contribution is 0.218. The average Bonchev–Trinajstić information content (AvgIpc) is 2.09. The number of hydrogen-bond acceptors (Lipinski definition) is 3. The van der Waals surface area contributed by atoms with Crippen LogP contribution < -0.4 is 5.32 Å². The van der Waals surface area contributed by atoms with Crippen molar-refractivity contribution in [1.82, 2.24) is 5.32 Å². The van der Waals surface area contributed by atoms with Crippen molar-refractivity contribution in [2.45, 2.75) is 20.3 Å². The van der Waals surface area contributed by atoms with Gasteiger partial charge in [-0.2, -0.15) is 11.8 Å². The minimum atomic E-state index is 0.765. The Kier molecular flexibility index (Phi) is 10.6. The molecule has 1 N–H and O–H groups in total. The van der Waals surface area contributed by atoms with Gasteiger partial charge in [-0.25, -0.2) is 0 Å². The molecule has 0 aliphatic carbocycles. The molecule has 0 fully saturated rings. The van der Waals surface area contributed by atoms with Gasteiger partial charge in [0, 0.05) is 12.9 Å². The van der Waals surface area contributed by atoms with Crippen LogP contribution >= 0.6 is 11.8 Å². The predicted molar refractivity (Wildman–Crippen MR) is 61.5 cm³/mol. The van der Waals surface area contributed by atoms with E-state index in [0.717, 1.165) is 31.4 Å². The van der Waals surface area contributed by atoms with Gasteiger partial charge in [0.1, 0.15) is 0 Å². The molecule has 0 radical (unpaired) electrons. The Balaban J connectivity index is 2.84. The summed E-state index contributed by atoms with van der Waals surface area (Å²) in [6.07, 6.45) is 1.26. The van der Waals surface area contributed by atoms with Crippen LogP contribution in [0.25, 0.3) is 0 Å². The summed E-state index contributed by atoms with van der Waals surface area (Å²) in [5.74, 6) is 3.14. The van der Waals surface area contributed by atoms with Gasteiger partial charge in [-0.15, -0.1) is 0 Å². The highest BCUT2D eigenvalue weighted by Gasteiger charge is 1.92. The lowest BCUT2D eigenvalue weighted by Gasteiger charge is -2.06. The highest BCUT2D eigenvalue weighted by atomic mass is 32.2. The lowest BCUT2D eigenvalue weighted by Crippen LogP contribution is -2.21. The molecule has 0 aromatic heterocycles. The Morgan fingerprint density at radius 2 is 2.08 bits per heavy atom. The summed E-state index contributed by atoms with van der Waals surface area (Å²) in [4.78, 5) is 0. The van der Waals surface area contributed by atoms with Crippen LogP contribution in [-0.4, -0.2) is 38.3 Å². The number of ether oxygens (including phenoxy) is 1. The summed E-state index contributed by atoms with van der Waals surface area (Å²) in [6, 6.07) is 0. The Morgan fingerprint density at radius 3 is 2.69 bits per heavy atom. The molecule has 0 spiro atoms. The molecule has 0 saturated carbocycles. The first kappa shape index (κ1) is 13.3. The Labute approximate surface area is 86.8 Å². The van der Waals surface area contributed by atoms with E-state index in [1.807, 2.05) is 11.8 Å². The fraction of sp³-hybridized carbons (Fsp3) is 1.00. The van der Waals surface area contributed by atoms with Crippen LogP contribution in [0.15, 0.2) is 0 Å². The lowest BCUT2D eigenvalue weighted by atomic mass is 10.2. The maximum Gasteiger partial charge on any atom is 0.0552 e. The van der Waals surface area contributed by atoms with Crippen molar-refractivity contribution in [3.05, 3.63) is 0 Å². The first-order valence-electron chi connectivity index (χ1n) is 5.04. The number of nitrogens with one attached hydrogen (secondary N) is 1. The Bertz CT molecular complexity index is 98.9. The van der Waals surface area contributed by atoms with Crippen LogP contribution in [0.2, 0.25) is 0 Å². The molecule has 0 bridgehead atoms. The summed E-state index contributed by atoms with van der Waals surface area (Å²) < 4.78 is 4.96. The van der Waals surface area contributed by atoms with E-state index in [0.29, 0.717) is 0 Å². The molecule has 0 aromatic carbocycles. The zero-order valence-electron chi connectivity index (χ0n) is 9.14. The van der Waals surface area contributed by atoms with E-state index in [1.54, 1.807) is 7.11 Å². The number of hydrogen-bond donors (Lipinski definition) is 1. The number of methoxy groups -OCH3 is 1. The third-order valence-electron chi connectivity index (χ3n) is 1.63. The predicted octanol–water partition coefficient (Wildman–Crippen LogP) is 2.00. The van der Waals surface area contributed by atoms with Gasteiger partial charge >= 0.3 is 0 Å². The highest BCUT2D eigenvalue weighted by Crippen LogP contribution is 2.00. The molecule has 2 nitrogen and oxygen atoms in total. The van der Waals surface area contributed by atoms with Crippen LogP contribution in [0.3, 0.4) is 0 Å². The summed E-state index contributed by atoms with van der Waals surface area (Å²) in [5, 5.41) is 3.43. The normalized spacial score (nSPS) is 11.1. The number of thioether (sulfide) groups is 1. The molecular weight excluding hydrogens is 182 g/mol. The third-order valence-corrected chi connectivity index (χ3v) is 2.66. The second-order valence-electron chi connectivity index (χ2n) is 3.56. The Hall–Kier alpha value is 0.270. The minimum absolute atomic E-state index is 0.765. The largest absolute Gasteiger partial charge is 0.384 e. The molecule has 0 unspecified atom stereocenters. The zero-order chi connectivity index (χ0) is 9.94. The van der Waals surface area contributed by atoms with E-state index in [4.69, 9.17) is 4.74 Å². The monoisotopic (exact) mass is 205 g/mol. The second kappa shape index (κ2) is 10.4. The molecule has 0 amide bonds. The maximum absolute atomic E-state index is 4.96. The van der Waals surface area contributed by atoms with Crippen molar-refractivity contribution >= 4 is 11.8 Å². The SMILES string of the molecule is COCCSCCCNCC(C)C. The van der Waals surface area contributed by atoms with E-state index < -0.39 is 0 Å². The van der Waals surface area contributed by atoms with Gasteiger partial charge in [0.2, 0.25) is 0 Å². The minimum Gasteiger partial charge on any atom is -0.384 e. The van der Waals surface area contributed by atoms with Gasteiger partial charge in [0.25, 0.3) is 0 Å². The number of rotatable bonds is 9. The zero-order valence-corrected chi connectivity index (χ0v) is 9.95. The standard InChI is InChI=1S/C10H23NOS/c1-10(2)9-11-5-4-7-13-8-6-12-3/h10-11H,4-9H2,1-3H3. The molecule has 0 rings (SSSR count). The van der Waals surface area contributed by atoms with Gasteiger partial charge < -0.3 is 10.1 Å². The van der Waals surface area contributed by atoms with Crippen LogP contribution in [0.1, 0.15) is 20.3 Å². The van der Waals surface area contributed by atoms with Gasteiger partial charge in [-0.3, -0.25) is 0 Å². The second-order valence-corrected chi connectivity index (χ2v) is 4.78. The van der Waals surface area contributed by atoms with E-state index in [9.17, 15) is 0 Å². The molecule has 0 aromatic rings. The molecule has 0 aliphatic rings. The highest BCUT2D eigenvalue weighted by molar-refractivity contribution is 7.99. The van der Waals surface area contributed by atoms with Crippen LogP contribution in [0, 0.1) is 5.92 Å². The van der Waals surface area contributed by atoms with Crippen molar-refractivity contribution in [2.75, 3.05) is 38.3 Å². The van der Waals surface area contributed by atoms with Gasteiger partial charge in [-0.05, 0) is 31.2 Å². The van der Waals surface area contributed by atoms with Crippen LogP contribution in [-0.2, 0) is 4.74 Å². The van der Waals surface area contributed by atoms with Crippen molar-refractivity contribution in [2.24, 2.45) is 5.92 Å². The van der Waals surface area contributed by atoms with Gasteiger partial charge in [-0.1, -0.05) is 13.8 Å². The molecular formula is C10H23NOS. The summed E-state index contributed by atoms with van der Waals surface area (Å²) in [5.41, 5.74) is 0. The fourth-order valence-electron chi connectivity index (χ4n) is 0.934. The Morgan fingerprint density at radius 1 is 1.31 bits per heavy atom. The van der Waals surface area contributed by atoms with E-state index in [-0.39, 0.29) is 0 Å². The maximum atomic E-state index is 4.96. The van der Waals surface area contributed by atoms with E-state index in [1.165, 1.54) is 12.2 Å². The fourth-order valence-corrected chi connectivity index (χ4v) is 1.77. The van der Waals surface area contributed by atoms with Crippen molar-refractivity contribution in [3.8, 4) is 0 Å². The summed E-state index contributed by atoms with van der Waals surface area (Å²) in [6.45, 7) is 7.64. The smallest absolute Gasteiger partial charge is 0.0552 e. The van der Waals surface area contributed by atoms with Gasteiger partial charge in [0.05, 0.1) is 6.61 Å². The van der Waals surface area contributed by atoms with Crippen molar-refractivity contribution in [3.63, 3.8) is 0 Å². The van der Waals surface area contributed by atoms with Crippen LogP contribution in [0.5, 0.6) is 0 Å².